The maximum atomic E-state index is 3.46. The van der Waals surface area contributed by atoms with Crippen LogP contribution in [0.4, 0.5) is 0 Å². The van der Waals surface area contributed by atoms with Crippen LogP contribution in [0, 0.1) is 46.3 Å². The minimum atomic E-state index is 0.193. The predicted octanol–water partition coefficient (Wildman–Crippen LogP) is 6.76. The summed E-state index contributed by atoms with van der Waals surface area (Å²) in [5.41, 5.74) is 3.90. The van der Waals surface area contributed by atoms with E-state index in [9.17, 15) is 0 Å². The molecule has 1 unspecified atom stereocenters. The normalized spacial score (nSPS) is 21.9. The van der Waals surface area contributed by atoms with Crippen LogP contribution >= 0.6 is 0 Å². The molecule has 0 heteroatoms. The molecule has 0 saturated heterocycles. The molecule has 0 amide bonds. The van der Waals surface area contributed by atoms with E-state index < -0.39 is 0 Å². The van der Waals surface area contributed by atoms with Crippen LogP contribution in [0.2, 0.25) is 0 Å². The van der Waals surface area contributed by atoms with Gasteiger partial charge in [-0.15, -0.1) is 5.73 Å². The molecule has 0 aromatic rings. The van der Waals surface area contributed by atoms with E-state index in [1.54, 1.807) is 5.92 Å². The summed E-state index contributed by atoms with van der Waals surface area (Å²) >= 11 is 0. The molecule has 0 bridgehead atoms. The maximum Gasteiger partial charge on any atom is -0.00933 e. The zero-order valence-corrected chi connectivity index (χ0v) is 16.4. The highest BCUT2D eigenvalue weighted by molar-refractivity contribution is 5.59. The molecule has 0 aliphatic heterocycles. The Morgan fingerprint density at radius 1 is 0.818 bits per heavy atom. The Balaban J connectivity index is 2.94. The number of hydrogen-bond donors (Lipinski definition) is 0. The molecule has 1 fully saturated rings. The summed E-state index contributed by atoms with van der Waals surface area (Å²) in [6, 6.07) is 0. The van der Waals surface area contributed by atoms with E-state index in [-0.39, 0.29) is 10.8 Å². The van der Waals surface area contributed by atoms with Crippen molar-refractivity contribution in [2.45, 2.75) is 75.7 Å². The van der Waals surface area contributed by atoms with E-state index in [1.165, 1.54) is 23.7 Å². The minimum Gasteiger partial charge on any atom is -0.129 e. The van der Waals surface area contributed by atoms with Gasteiger partial charge in [-0.05, 0) is 64.9 Å². The molecule has 0 N–H and O–H groups in total. The molecular formula is C22H35. The molecule has 0 nitrogen and oxygen atoms in total. The lowest BCUT2D eigenvalue weighted by Crippen LogP contribution is -2.23. The highest BCUT2D eigenvalue weighted by atomic mass is 14.5. The lowest BCUT2D eigenvalue weighted by atomic mass is 9.72. The Bertz CT molecular complexity index is 394. The molecule has 1 saturated carbocycles. The van der Waals surface area contributed by atoms with E-state index in [0.717, 1.165) is 6.42 Å². The Hall–Kier alpha value is -0.480. The van der Waals surface area contributed by atoms with Crippen molar-refractivity contribution in [1.82, 2.24) is 0 Å². The molecule has 0 aromatic carbocycles. The quantitative estimate of drug-likeness (QED) is 0.505. The molecule has 22 heavy (non-hydrogen) atoms. The summed E-state index contributed by atoms with van der Waals surface area (Å²) in [5.74, 6) is 7.95. The van der Waals surface area contributed by atoms with Crippen molar-refractivity contribution in [2.24, 2.45) is 16.7 Å². The van der Waals surface area contributed by atoms with E-state index in [4.69, 9.17) is 0 Å². The van der Waals surface area contributed by atoms with Crippen molar-refractivity contribution in [3.8, 4) is 0 Å². The van der Waals surface area contributed by atoms with Crippen LogP contribution in [-0.4, -0.2) is 0 Å². The molecule has 0 spiro atoms. The fourth-order valence-electron chi connectivity index (χ4n) is 2.85. The van der Waals surface area contributed by atoms with Gasteiger partial charge in [-0.3, -0.25) is 0 Å². The highest BCUT2D eigenvalue weighted by Crippen LogP contribution is 2.55. The largest absolute Gasteiger partial charge is 0.129 e. The first-order valence-electron chi connectivity index (χ1n) is 8.50. The van der Waals surface area contributed by atoms with Gasteiger partial charge in [0.25, 0.3) is 0 Å². The van der Waals surface area contributed by atoms with E-state index in [1.807, 2.05) is 0 Å². The first-order chi connectivity index (χ1) is 9.84. The average Bonchev–Trinajstić information content (AvgIpc) is 2.52. The summed E-state index contributed by atoms with van der Waals surface area (Å²) in [5, 5.41) is 0. The van der Waals surface area contributed by atoms with Crippen LogP contribution in [0.25, 0.3) is 0 Å². The van der Waals surface area contributed by atoms with Crippen LogP contribution in [0.1, 0.15) is 75.7 Å². The summed E-state index contributed by atoms with van der Waals surface area (Å²) in [4.78, 5) is 0. The molecule has 1 aliphatic carbocycles. The molecule has 0 heterocycles. The van der Waals surface area contributed by atoms with E-state index in [0.29, 0.717) is 5.92 Å². The zero-order valence-electron chi connectivity index (χ0n) is 16.4. The number of rotatable bonds is 3. The molecule has 1 atom stereocenters. The third-order valence-electron chi connectivity index (χ3n) is 4.94. The second-order valence-electron chi connectivity index (χ2n) is 9.00. The first kappa shape index (κ1) is 19.6. The Kier molecular flexibility index (Phi) is 6.19. The van der Waals surface area contributed by atoms with Gasteiger partial charge >= 0.3 is 0 Å². The highest BCUT2D eigenvalue weighted by Gasteiger charge is 2.44. The zero-order chi connectivity index (χ0) is 17.3. The third kappa shape index (κ3) is 5.02. The fourth-order valence-corrected chi connectivity index (χ4v) is 2.85. The van der Waals surface area contributed by atoms with Gasteiger partial charge in [-0.2, -0.15) is 0 Å². The standard InChI is InChI=1S/C22H35/c1-15-16(2)18(4)20(17(15)3)14-19(22(8,9)10)12-11-13-21(5,6)7/h12-13,19H,14H2,1-10H3. The van der Waals surface area contributed by atoms with Crippen molar-refractivity contribution in [1.29, 1.82) is 0 Å². The van der Waals surface area contributed by atoms with Gasteiger partial charge in [-0.1, -0.05) is 69.2 Å². The third-order valence-corrected chi connectivity index (χ3v) is 4.94. The summed E-state index contributed by atoms with van der Waals surface area (Å²) in [6.45, 7) is 22.7. The summed E-state index contributed by atoms with van der Waals surface area (Å²) in [6.07, 6.45) is 5.59. The van der Waals surface area contributed by atoms with Gasteiger partial charge in [0, 0.05) is 0 Å². The second-order valence-corrected chi connectivity index (χ2v) is 9.00. The van der Waals surface area contributed by atoms with E-state index >= 15 is 0 Å². The van der Waals surface area contributed by atoms with Crippen LogP contribution in [0.5, 0.6) is 0 Å². The summed E-state index contributed by atoms with van der Waals surface area (Å²) in [7, 11) is 0. The lowest BCUT2D eigenvalue weighted by Gasteiger charge is -2.32. The van der Waals surface area contributed by atoms with Crippen LogP contribution in [0.15, 0.2) is 17.9 Å². The van der Waals surface area contributed by atoms with Gasteiger partial charge < -0.3 is 0 Å². The van der Waals surface area contributed by atoms with Crippen molar-refractivity contribution < 1.29 is 0 Å². The van der Waals surface area contributed by atoms with E-state index in [2.05, 4.69) is 87.1 Å². The summed E-state index contributed by atoms with van der Waals surface area (Å²) < 4.78 is 0. The Labute approximate surface area is 140 Å². The van der Waals surface area contributed by atoms with Gasteiger partial charge in [0.2, 0.25) is 0 Å². The van der Waals surface area contributed by atoms with Crippen LogP contribution < -0.4 is 0 Å². The first-order valence-corrected chi connectivity index (χ1v) is 8.50. The molecule has 1 aliphatic rings. The van der Waals surface area contributed by atoms with Crippen LogP contribution in [0.3, 0.4) is 0 Å². The SMILES string of the molecule is C[C]1[C](C)[C](C)[C](CC(C=C=CC(C)(C)C)C(C)(C)C)[C]1C. The van der Waals surface area contributed by atoms with Crippen molar-refractivity contribution in [3.63, 3.8) is 0 Å². The molecule has 123 valence electrons. The topological polar surface area (TPSA) is 0 Å². The maximum absolute atomic E-state index is 3.46. The minimum absolute atomic E-state index is 0.193. The van der Waals surface area contributed by atoms with Gasteiger partial charge in [0.05, 0.1) is 0 Å². The molecule has 0 aromatic heterocycles. The van der Waals surface area contributed by atoms with Crippen molar-refractivity contribution >= 4 is 0 Å². The van der Waals surface area contributed by atoms with Gasteiger partial charge in [-0.25, -0.2) is 0 Å². The lowest BCUT2D eigenvalue weighted by molar-refractivity contribution is 0.283. The Morgan fingerprint density at radius 2 is 1.27 bits per heavy atom. The molecule has 5 radical (unpaired) electrons. The average molecular weight is 300 g/mol. The second kappa shape index (κ2) is 6.96. The Morgan fingerprint density at radius 3 is 1.64 bits per heavy atom. The molecular weight excluding hydrogens is 264 g/mol. The number of hydrogen-bond acceptors (Lipinski definition) is 0. The van der Waals surface area contributed by atoms with Gasteiger partial charge in [0.1, 0.15) is 0 Å². The fraction of sp³-hybridized carbons (Fsp3) is 0.636. The number of allylic oxidation sites excluding steroid dienone is 1. The predicted molar refractivity (Wildman–Crippen MR) is 98.6 cm³/mol. The van der Waals surface area contributed by atoms with Crippen molar-refractivity contribution in [3.05, 3.63) is 47.5 Å². The smallest absolute Gasteiger partial charge is 0.00933 e. The monoisotopic (exact) mass is 299 g/mol. The van der Waals surface area contributed by atoms with Crippen LogP contribution in [-0.2, 0) is 0 Å². The molecule has 1 rings (SSSR count). The van der Waals surface area contributed by atoms with Crippen molar-refractivity contribution in [2.75, 3.05) is 0 Å². The van der Waals surface area contributed by atoms with Gasteiger partial charge in [0.15, 0.2) is 0 Å².